The minimum absolute atomic E-state index is 0.00567. The molecule has 1 heterocycles. The third-order valence-corrected chi connectivity index (χ3v) is 4.40. The van der Waals surface area contributed by atoms with Crippen molar-refractivity contribution in [3.05, 3.63) is 17.2 Å². The number of halogens is 1. The van der Waals surface area contributed by atoms with Gasteiger partial charge in [-0.3, -0.25) is 10.2 Å². The summed E-state index contributed by atoms with van der Waals surface area (Å²) in [4.78, 5) is 16.3. The van der Waals surface area contributed by atoms with Crippen molar-refractivity contribution < 1.29 is 4.79 Å². The van der Waals surface area contributed by atoms with Gasteiger partial charge in [0.05, 0.1) is 15.4 Å². The molecule has 0 aliphatic rings. The van der Waals surface area contributed by atoms with Crippen LogP contribution in [-0.2, 0) is 4.79 Å². The highest BCUT2D eigenvalue weighted by Gasteiger charge is 2.13. The Labute approximate surface area is 138 Å². The first-order chi connectivity index (χ1) is 10.5. The zero-order chi connectivity index (χ0) is 16.1. The van der Waals surface area contributed by atoms with E-state index in [9.17, 15) is 4.79 Å². The lowest BCUT2D eigenvalue weighted by atomic mass is 10.2. The molecule has 0 bridgehead atoms. The molecule has 1 aromatic carbocycles. The summed E-state index contributed by atoms with van der Waals surface area (Å²) >= 11 is 7.62. The first kappa shape index (κ1) is 16.7. The molecule has 1 amide bonds. The van der Waals surface area contributed by atoms with E-state index in [-0.39, 0.29) is 5.91 Å². The van der Waals surface area contributed by atoms with E-state index in [4.69, 9.17) is 11.6 Å². The molecule has 118 valence electrons. The standard InChI is InChI=1S/C15H19ClN4OS/c1-4-6-12(21)17-11-8-7-10(16)13-14(11)22-15(18-13)20-19-9(3)5-2/h7-8H,4-6H2,1-3H3,(H,17,21)(H,18,20)/b19-9+. The average Bonchev–Trinajstić information content (AvgIpc) is 2.93. The van der Waals surface area contributed by atoms with Crippen LogP contribution >= 0.6 is 22.9 Å². The number of amides is 1. The lowest BCUT2D eigenvalue weighted by Gasteiger charge is -2.05. The van der Waals surface area contributed by atoms with Gasteiger partial charge in [-0.05, 0) is 31.9 Å². The SMILES string of the molecule is CCCC(=O)Nc1ccc(Cl)c2nc(N/N=C(\C)CC)sc12. The van der Waals surface area contributed by atoms with Crippen LogP contribution in [0.5, 0.6) is 0 Å². The van der Waals surface area contributed by atoms with E-state index in [1.165, 1.54) is 11.3 Å². The van der Waals surface area contributed by atoms with Crippen molar-refractivity contribution in [1.82, 2.24) is 4.98 Å². The van der Waals surface area contributed by atoms with Crippen LogP contribution in [0.15, 0.2) is 17.2 Å². The second-order valence-electron chi connectivity index (χ2n) is 4.90. The smallest absolute Gasteiger partial charge is 0.224 e. The van der Waals surface area contributed by atoms with Gasteiger partial charge in [-0.25, -0.2) is 4.98 Å². The van der Waals surface area contributed by atoms with Gasteiger partial charge < -0.3 is 5.32 Å². The Hall–Kier alpha value is -1.66. The first-order valence-corrected chi connectivity index (χ1v) is 8.42. The minimum Gasteiger partial charge on any atom is -0.325 e. The van der Waals surface area contributed by atoms with E-state index in [0.717, 1.165) is 28.9 Å². The number of rotatable bonds is 6. The third kappa shape index (κ3) is 3.96. The number of hydrazone groups is 1. The number of benzene rings is 1. The number of hydrogen-bond acceptors (Lipinski definition) is 5. The molecule has 0 fully saturated rings. The van der Waals surface area contributed by atoms with Gasteiger partial charge in [-0.1, -0.05) is 36.8 Å². The first-order valence-electron chi connectivity index (χ1n) is 7.23. The molecule has 0 saturated carbocycles. The zero-order valence-electron chi connectivity index (χ0n) is 12.9. The number of aromatic nitrogens is 1. The van der Waals surface area contributed by atoms with Crippen molar-refractivity contribution in [2.75, 3.05) is 10.7 Å². The molecule has 1 aromatic heterocycles. The van der Waals surface area contributed by atoms with Crippen LogP contribution in [0.25, 0.3) is 10.2 Å². The van der Waals surface area contributed by atoms with E-state index in [0.29, 0.717) is 22.1 Å². The van der Waals surface area contributed by atoms with Crippen LogP contribution in [-0.4, -0.2) is 16.6 Å². The second kappa shape index (κ2) is 7.56. The van der Waals surface area contributed by atoms with E-state index in [2.05, 4.69) is 20.8 Å². The van der Waals surface area contributed by atoms with Crippen LogP contribution in [0.4, 0.5) is 10.8 Å². The third-order valence-electron chi connectivity index (χ3n) is 3.10. The molecule has 0 atom stereocenters. The Kier molecular flexibility index (Phi) is 5.74. The summed E-state index contributed by atoms with van der Waals surface area (Å²) in [5, 5.41) is 8.37. The monoisotopic (exact) mass is 338 g/mol. The summed E-state index contributed by atoms with van der Waals surface area (Å²) in [6.07, 6.45) is 2.17. The number of carbonyl (C=O) groups excluding carboxylic acids is 1. The zero-order valence-corrected chi connectivity index (χ0v) is 14.4. The number of anilines is 2. The molecule has 2 rings (SSSR count). The highest BCUT2D eigenvalue weighted by atomic mass is 35.5. The summed E-state index contributed by atoms with van der Waals surface area (Å²) in [5.74, 6) is -0.00567. The van der Waals surface area contributed by atoms with E-state index in [1.807, 2.05) is 20.8 Å². The van der Waals surface area contributed by atoms with Crippen molar-refractivity contribution in [3.63, 3.8) is 0 Å². The van der Waals surface area contributed by atoms with E-state index < -0.39 is 0 Å². The fourth-order valence-corrected chi connectivity index (χ4v) is 2.94. The van der Waals surface area contributed by atoms with Crippen molar-refractivity contribution >= 4 is 55.6 Å². The second-order valence-corrected chi connectivity index (χ2v) is 6.31. The van der Waals surface area contributed by atoms with Crippen molar-refractivity contribution in [2.24, 2.45) is 5.10 Å². The lowest BCUT2D eigenvalue weighted by molar-refractivity contribution is -0.116. The number of nitrogens with one attached hydrogen (secondary N) is 2. The van der Waals surface area contributed by atoms with Gasteiger partial charge >= 0.3 is 0 Å². The molecular weight excluding hydrogens is 320 g/mol. The Morgan fingerprint density at radius 1 is 1.41 bits per heavy atom. The van der Waals surface area contributed by atoms with Gasteiger partial charge in [0.25, 0.3) is 0 Å². The van der Waals surface area contributed by atoms with Crippen molar-refractivity contribution in [2.45, 2.75) is 40.0 Å². The molecule has 2 aromatic rings. The van der Waals surface area contributed by atoms with Crippen molar-refractivity contribution in [1.29, 1.82) is 0 Å². The maximum absolute atomic E-state index is 11.8. The predicted octanol–water partition coefficient (Wildman–Crippen LogP) is 4.89. The predicted molar refractivity (Wildman–Crippen MR) is 95.2 cm³/mol. The Morgan fingerprint density at radius 2 is 2.18 bits per heavy atom. The van der Waals surface area contributed by atoms with Crippen LogP contribution in [0.1, 0.15) is 40.0 Å². The molecule has 0 aliphatic heterocycles. The lowest BCUT2D eigenvalue weighted by Crippen LogP contribution is -2.10. The normalized spacial score (nSPS) is 11.7. The Bertz CT molecular complexity index is 711. The van der Waals surface area contributed by atoms with Crippen molar-refractivity contribution in [3.8, 4) is 0 Å². The summed E-state index contributed by atoms with van der Waals surface area (Å²) in [6.45, 7) is 5.96. The van der Waals surface area contributed by atoms with E-state index in [1.54, 1.807) is 12.1 Å². The van der Waals surface area contributed by atoms with Crippen LogP contribution in [0.2, 0.25) is 5.02 Å². The quantitative estimate of drug-likeness (QED) is 0.582. The Balaban J connectivity index is 2.33. The number of nitrogens with zero attached hydrogens (tertiary/aromatic N) is 2. The highest BCUT2D eigenvalue weighted by molar-refractivity contribution is 7.22. The molecule has 22 heavy (non-hydrogen) atoms. The van der Waals surface area contributed by atoms with Crippen LogP contribution < -0.4 is 10.7 Å². The van der Waals surface area contributed by atoms with Gasteiger partial charge in [0.2, 0.25) is 11.0 Å². The van der Waals surface area contributed by atoms with Gasteiger partial charge in [0.15, 0.2) is 0 Å². The topological polar surface area (TPSA) is 66.4 Å². The maximum atomic E-state index is 11.8. The molecule has 0 saturated heterocycles. The minimum atomic E-state index is -0.00567. The summed E-state index contributed by atoms with van der Waals surface area (Å²) < 4.78 is 0.851. The number of fused-ring (bicyclic) bond motifs is 1. The molecule has 0 radical (unpaired) electrons. The fraction of sp³-hybridized carbons (Fsp3) is 0.400. The summed E-state index contributed by atoms with van der Waals surface area (Å²) in [6, 6.07) is 3.55. The fourth-order valence-electron chi connectivity index (χ4n) is 1.78. The number of carbonyl (C=O) groups is 1. The van der Waals surface area contributed by atoms with Crippen LogP contribution in [0, 0.1) is 0 Å². The van der Waals surface area contributed by atoms with Gasteiger partial charge in [-0.15, -0.1) is 0 Å². The molecule has 0 aliphatic carbocycles. The highest BCUT2D eigenvalue weighted by Crippen LogP contribution is 2.36. The molecule has 0 spiro atoms. The largest absolute Gasteiger partial charge is 0.325 e. The molecule has 7 heteroatoms. The Morgan fingerprint density at radius 3 is 2.86 bits per heavy atom. The molecule has 2 N–H and O–H groups in total. The van der Waals surface area contributed by atoms with Gasteiger partial charge in [-0.2, -0.15) is 5.10 Å². The number of thiazole rings is 1. The van der Waals surface area contributed by atoms with Crippen LogP contribution in [0.3, 0.4) is 0 Å². The maximum Gasteiger partial charge on any atom is 0.224 e. The average molecular weight is 339 g/mol. The molecular formula is C15H19ClN4OS. The van der Waals surface area contributed by atoms with E-state index >= 15 is 0 Å². The van der Waals surface area contributed by atoms with Gasteiger partial charge in [0.1, 0.15) is 5.52 Å². The number of hydrogen-bond donors (Lipinski definition) is 2. The molecule has 0 unspecified atom stereocenters. The summed E-state index contributed by atoms with van der Waals surface area (Å²) in [7, 11) is 0. The van der Waals surface area contributed by atoms with Gasteiger partial charge in [0, 0.05) is 12.1 Å². The molecule has 5 nitrogen and oxygen atoms in total. The summed E-state index contributed by atoms with van der Waals surface area (Å²) in [5.41, 5.74) is 5.34.